The second-order valence-corrected chi connectivity index (χ2v) is 5.56. The first-order valence-electron chi connectivity index (χ1n) is 6.73. The fraction of sp³-hybridized carbons (Fsp3) is 0.188. The minimum absolute atomic E-state index is 0.0221. The van der Waals surface area contributed by atoms with Gasteiger partial charge in [0.1, 0.15) is 11.4 Å². The van der Waals surface area contributed by atoms with E-state index in [1.807, 2.05) is 6.92 Å². The zero-order chi connectivity index (χ0) is 17.3. The van der Waals surface area contributed by atoms with Crippen molar-refractivity contribution in [3.63, 3.8) is 0 Å². The van der Waals surface area contributed by atoms with Crippen LogP contribution < -0.4 is 0 Å². The first kappa shape index (κ1) is 16.8. The van der Waals surface area contributed by atoms with Gasteiger partial charge in [0.05, 0.1) is 9.95 Å². The molecular formula is C16H15ClN2O4. The quantitative estimate of drug-likeness (QED) is 0.496. The number of phenolic OH excluding ortho intramolecular Hbond substituents is 2. The van der Waals surface area contributed by atoms with Crippen LogP contribution in [0, 0.1) is 30.9 Å². The summed E-state index contributed by atoms with van der Waals surface area (Å²) in [4.78, 5) is 14.5. The molecular weight excluding hydrogens is 320 g/mol. The van der Waals surface area contributed by atoms with E-state index >= 15 is 0 Å². The van der Waals surface area contributed by atoms with Gasteiger partial charge in [-0.3, -0.25) is 15.1 Å². The standard InChI is InChI=1S/C16H15ClN2O4/c1-8-4-5-12(13(20)6-8)18-7-11-9(2)14(17)10(3)15(16(11)21)19(22)23/h4-7,20-21H,1-3H3. The molecule has 0 unspecified atom stereocenters. The molecule has 0 fully saturated rings. The molecule has 23 heavy (non-hydrogen) atoms. The molecule has 7 heteroatoms. The van der Waals surface area contributed by atoms with Gasteiger partial charge in [-0.25, -0.2) is 0 Å². The molecule has 2 N–H and O–H groups in total. The number of nitro benzene ring substituents is 1. The third kappa shape index (κ3) is 3.12. The van der Waals surface area contributed by atoms with E-state index in [-0.39, 0.29) is 27.6 Å². The Morgan fingerprint density at radius 2 is 1.87 bits per heavy atom. The van der Waals surface area contributed by atoms with Gasteiger partial charge in [0, 0.05) is 17.3 Å². The Bertz CT molecular complexity index is 832. The summed E-state index contributed by atoms with van der Waals surface area (Å²) in [6.07, 6.45) is 1.26. The van der Waals surface area contributed by atoms with E-state index in [2.05, 4.69) is 4.99 Å². The molecule has 0 bridgehead atoms. The Kier molecular flexibility index (Phi) is 4.56. The normalized spacial score (nSPS) is 11.1. The molecule has 6 nitrogen and oxygen atoms in total. The van der Waals surface area contributed by atoms with Crippen molar-refractivity contribution < 1.29 is 15.1 Å². The summed E-state index contributed by atoms with van der Waals surface area (Å²) in [6, 6.07) is 4.92. The van der Waals surface area contributed by atoms with Crippen molar-refractivity contribution in [1.82, 2.24) is 0 Å². The number of hydrogen-bond donors (Lipinski definition) is 2. The second-order valence-electron chi connectivity index (χ2n) is 5.18. The average molecular weight is 335 g/mol. The zero-order valence-electron chi connectivity index (χ0n) is 12.8. The zero-order valence-corrected chi connectivity index (χ0v) is 13.5. The van der Waals surface area contributed by atoms with Crippen molar-refractivity contribution >= 4 is 29.2 Å². The van der Waals surface area contributed by atoms with Gasteiger partial charge in [0.2, 0.25) is 5.75 Å². The predicted molar refractivity (Wildman–Crippen MR) is 89.3 cm³/mol. The highest BCUT2D eigenvalue weighted by molar-refractivity contribution is 6.33. The van der Waals surface area contributed by atoms with E-state index in [1.54, 1.807) is 25.1 Å². The van der Waals surface area contributed by atoms with E-state index in [4.69, 9.17) is 11.6 Å². The van der Waals surface area contributed by atoms with E-state index in [0.29, 0.717) is 5.56 Å². The minimum Gasteiger partial charge on any atom is -0.506 e. The molecule has 0 spiro atoms. The lowest BCUT2D eigenvalue weighted by Gasteiger charge is -2.10. The number of aliphatic imine (C=N–C) groups is 1. The molecule has 0 saturated heterocycles. The monoisotopic (exact) mass is 334 g/mol. The molecule has 0 amide bonds. The number of halogens is 1. The number of aryl methyl sites for hydroxylation is 1. The molecule has 2 aromatic carbocycles. The van der Waals surface area contributed by atoms with Gasteiger partial charge in [0.25, 0.3) is 0 Å². The first-order chi connectivity index (χ1) is 10.7. The number of nitro groups is 1. The topological polar surface area (TPSA) is 96.0 Å². The van der Waals surface area contributed by atoms with Gasteiger partial charge >= 0.3 is 5.69 Å². The molecule has 0 atom stereocenters. The summed E-state index contributed by atoms with van der Waals surface area (Å²) in [5.41, 5.74) is 1.52. The number of hydrogen-bond acceptors (Lipinski definition) is 5. The van der Waals surface area contributed by atoms with Crippen LogP contribution in [-0.4, -0.2) is 21.4 Å². The molecule has 0 aliphatic carbocycles. The molecule has 120 valence electrons. The van der Waals surface area contributed by atoms with E-state index in [0.717, 1.165) is 5.56 Å². The van der Waals surface area contributed by atoms with Crippen LogP contribution in [0.4, 0.5) is 11.4 Å². The van der Waals surface area contributed by atoms with Crippen LogP contribution in [0.2, 0.25) is 5.02 Å². The maximum atomic E-state index is 11.1. The largest absolute Gasteiger partial charge is 0.506 e. The van der Waals surface area contributed by atoms with E-state index < -0.39 is 16.4 Å². The number of aromatic hydroxyl groups is 2. The van der Waals surface area contributed by atoms with E-state index in [9.17, 15) is 20.3 Å². The van der Waals surface area contributed by atoms with Crippen molar-refractivity contribution in [2.45, 2.75) is 20.8 Å². The van der Waals surface area contributed by atoms with Crippen molar-refractivity contribution in [2.24, 2.45) is 4.99 Å². The Morgan fingerprint density at radius 3 is 2.43 bits per heavy atom. The van der Waals surface area contributed by atoms with Gasteiger partial charge in [-0.05, 0) is 44.0 Å². The fourth-order valence-corrected chi connectivity index (χ4v) is 2.44. The number of nitrogens with zero attached hydrogens (tertiary/aromatic N) is 2. The minimum atomic E-state index is -0.684. The van der Waals surface area contributed by atoms with Gasteiger partial charge in [-0.15, -0.1) is 0 Å². The lowest BCUT2D eigenvalue weighted by atomic mass is 10.0. The molecule has 0 aromatic heterocycles. The van der Waals surface area contributed by atoms with E-state index in [1.165, 1.54) is 13.1 Å². The van der Waals surface area contributed by atoms with Gasteiger partial charge in [0.15, 0.2) is 0 Å². The fourth-order valence-electron chi connectivity index (χ4n) is 2.24. The van der Waals surface area contributed by atoms with Crippen LogP contribution in [-0.2, 0) is 0 Å². The second kappa shape index (κ2) is 6.26. The van der Waals surface area contributed by atoms with Crippen LogP contribution in [0.1, 0.15) is 22.3 Å². The summed E-state index contributed by atoms with van der Waals surface area (Å²) in [7, 11) is 0. The first-order valence-corrected chi connectivity index (χ1v) is 7.11. The molecule has 0 saturated carbocycles. The molecule has 2 rings (SSSR count). The Morgan fingerprint density at radius 1 is 1.22 bits per heavy atom. The third-order valence-electron chi connectivity index (χ3n) is 3.54. The SMILES string of the molecule is Cc1ccc(N=Cc2c(C)c(Cl)c(C)c([N+](=O)[O-])c2O)c(O)c1. The van der Waals surface area contributed by atoms with Gasteiger partial charge < -0.3 is 10.2 Å². The van der Waals surface area contributed by atoms with Crippen molar-refractivity contribution in [1.29, 1.82) is 0 Å². The van der Waals surface area contributed by atoms with Crippen LogP contribution in [0.25, 0.3) is 0 Å². The lowest BCUT2D eigenvalue weighted by molar-refractivity contribution is -0.386. The van der Waals surface area contributed by atoms with Crippen LogP contribution in [0.3, 0.4) is 0 Å². The lowest BCUT2D eigenvalue weighted by Crippen LogP contribution is -2.00. The van der Waals surface area contributed by atoms with Gasteiger partial charge in [-0.2, -0.15) is 0 Å². The Hall–Kier alpha value is -2.60. The summed E-state index contributed by atoms with van der Waals surface area (Å²) in [6.45, 7) is 4.93. The third-order valence-corrected chi connectivity index (χ3v) is 4.11. The highest BCUT2D eigenvalue weighted by atomic mass is 35.5. The molecule has 0 aliphatic heterocycles. The highest BCUT2D eigenvalue weighted by Gasteiger charge is 2.25. The van der Waals surface area contributed by atoms with Crippen molar-refractivity contribution in [3.8, 4) is 11.5 Å². The number of rotatable bonds is 3. The van der Waals surface area contributed by atoms with Crippen molar-refractivity contribution in [3.05, 3.63) is 55.6 Å². The smallest absolute Gasteiger partial charge is 0.315 e. The summed E-state index contributed by atoms with van der Waals surface area (Å²) >= 11 is 6.11. The predicted octanol–water partition coefficient (Wildman–Crippen LogP) is 4.34. The maximum Gasteiger partial charge on any atom is 0.315 e. The highest BCUT2D eigenvalue weighted by Crippen LogP contribution is 2.40. The Labute approximate surface area is 137 Å². The van der Waals surface area contributed by atoms with Crippen LogP contribution in [0.5, 0.6) is 11.5 Å². The number of benzene rings is 2. The average Bonchev–Trinajstić information content (AvgIpc) is 2.46. The molecule has 0 heterocycles. The Balaban J connectivity index is 2.60. The van der Waals surface area contributed by atoms with Crippen LogP contribution >= 0.6 is 11.6 Å². The van der Waals surface area contributed by atoms with Crippen LogP contribution in [0.15, 0.2) is 23.2 Å². The maximum absolute atomic E-state index is 11.1. The summed E-state index contributed by atoms with van der Waals surface area (Å²) in [5.74, 6) is -0.518. The molecule has 2 aromatic rings. The molecule has 0 radical (unpaired) electrons. The number of phenols is 2. The van der Waals surface area contributed by atoms with Gasteiger partial charge in [-0.1, -0.05) is 17.7 Å². The van der Waals surface area contributed by atoms with Crippen molar-refractivity contribution in [2.75, 3.05) is 0 Å². The summed E-state index contributed by atoms with van der Waals surface area (Å²) in [5, 5.41) is 31.3. The summed E-state index contributed by atoms with van der Waals surface area (Å²) < 4.78 is 0. The molecule has 0 aliphatic rings.